The Labute approximate surface area is 83.4 Å². The molecule has 0 amide bonds. The molecule has 0 fully saturated rings. The van der Waals surface area contributed by atoms with Crippen LogP contribution in [-0.4, -0.2) is 15.4 Å². The number of aliphatic imine (C=N–C) groups is 1. The van der Waals surface area contributed by atoms with Crippen molar-refractivity contribution in [2.75, 3.05) is 0 Å². The van der Waals surface area contributed by atoms with Crippen molar-refractivity contribution in [2.24, 2.45) is 4.99 Å². The Balaban J connectivity index is 2.58. The van der Waals surface area contributed by atoms with Crippen LogP contribution < -0.4 is 5.32 Å². The standard InChI is InChI=1S/C10H14N4/c1-6(2)14-5-11-9-7(3)12-8(4)13-10(9)14/h5-6H,3H2,1-2,4H3,(H,12,13). The number of amidine groups is 1. The summed E-state index contributed by atoms with van der Waals surface area (Å²) >= 11 is 0. The molecule has 0 aromatic carbocycles. The number of nitrogens with one attached hydrogen (secondary N) is 1. The van der Waals surface area contributed by atoms with Crippen molar-refractivity contribution < 1.29 is 0 Å². The molecule has 0 atom stereocenters. The third kappa shape index (κ3) is 1.23. The van der Waals surface area contributed by atoms with Crippen molar-refractivity contribution in [1.29, 1.82) is 0 Å². The van der Waals surface area contributed by atoms with Gasteiger partial charge in [0.25, 0.3) is 0 Å². The van der Waals surface area contributed by atoms with Crippen LogP contribution in [0.3, 0.4) is 0 Å². The highest BCUT2D eigenvalue weighted by Gasteiger charge is 2.19. The van der Waals surface area contributed by atoms with Crippen LogP contribution in [0.25, 0.3) is 5.70 Å². The molecule has 1 aliphatic heterocycles. The van der Waals surface area contributed by atoms with E-state index in [1.54, 1.807) is 0 Å². The van der Waals surface area contributed by atoms with Crippen LogP contribution in [0.5, 0.6) is 0 Å². The predicted molar refractivity (Wildman–Crippen MR) is 57.6 cm³/mol. The van der Waals surface area contributed by atoms with Gasteiger partial charge in [-0.2, -0.15) is 0 Å². The van der Waals surface area contributed by atoms with E-state index in [0.29, 0.717) is 6.04 Å². The number of hydrogen-bond acceptors (Lipinski definition) is 3. The highest BCUT2D eigenvalue weighted by molar-refractivity contribution is 5.94. The minimum Gasteiger partial charge on any atom is -0.343 e. The van der Waals surface area contributed by atoms with E-state index >= 15 is 0 Å². The van der Waals surface area contributed by atoms with E-state index in [4.69, 9.17) is 0 Å². The fraction of sp³-hybridized carbons (Fsp3) is 0.400. The lowest BCUT2D eigenvalue weighted by molar-refractivity contribution is 0.603. The Bertz CT molecular complexity index is 412. The first-order valence-corrected chi connectivity index (χ1v) is 4.68. The summed E-state index contributed by atoms with van der Waals surface area (Å²) in [6.07, 6.45) is 1.81. The number of nitrogens with zero attached hydrogens (tertiary/aromatic N) is 3. The average Bonchev–Trinajstić information content (AvgIpc) is 2.47. The maximum absolute atomic E-state index is 4.42. The molecule has 4 heteroatoms. The second kappa shape index (κ2) is 2.97. The molecule has 0 unspecified atom stereocenters. The van der Waals surface area contributed by atoms with Gasteiger partial charge in [0, 0.05) is 6.04 Å². The molecule has 1 aromatic heterocycles. The van der Waals surface area contributed by atoms with E-state index in [0.717, 1.165) is 23.0 Å². The first kappa shape index (κ1) is 8.99. The molecule has 14 heavy (non-hydrogen) atoms. The minimum absolute atomic E-state index is 0.369. The van der Waals surface area contributed by atoms with Crippen LogP contribution in [0.1, 0.15) is 32.5 Å². The summed E-state index contributed by atoms with van der Waals surface area (Å²) in [4.78, 5) is 8.71. The first-order chi connectivity index (χ1) is 6.59. The van der Waals surface area contributed by atoms with E-state index in [9.17, 15) is 0 Å². The van der Waals surface area contributed by atoms with Gasteiger partial charge in [-0.3, -0.25) is 0 Å². The zero-order valence-corrected chi connectivity index (χ0v) is 8.70. The summed E-state index contributed by atoms with van der Waals surface area (Å²) in [6, 6.07) is 0.369. The maximum Gasteiger partial charge on any atom is 0.164 e. The van der Waals surface area contributed by atoms with Crippen molar-refractivity contribution in [1.82, 2.24) is 14.9 Å². The van der Waals surface area contributed by atoms with Crippen molar-refractivity contribution in [3.63, 3.8) is 0 Å². The topological polar surface area (TPSA) is 42.2 Å². The van der Waals surface area contributed by atoms with Gasteiger partial charge in [-0.25, -0.2) is 9.98 Å². The van der Waals surface area contributed by atoms with Crippen molar-refractivity contribution in [2.45, 2.75) is 26.8 Å². The van der Waals surface area contributed by atoms with Crippen LogP contribution in [0.4, 0.5) is 5.82 Å². The third-order valence-electron chi connectivity index (χ3n) is 2.22. The van der Waals surface area contributed by atoms with Gasteiger partial charge in [-0.05, 0) is 20.8 Å². The maximum atomic E-state index is 4.42. The van der Waals surface area contributed by atoms with Crippen LogP contribution in [0.2, 0.25) is 0 Å². The lowest BCUT2D eigenvalue weighted by atomic mass is 10.3. The lowest BCUT2D eigenvalue weighted by Crippen LogP contribution is -2.21. The number of imidazole rings is 1. The smallest absolute Gasteiger partial charge is 0.164 e. The van der Waals surface area contributed by atoms with E-state index in [1.165, 1.54) is 0 Å². The SMILES string of the molecule is C=C1NC(C)=Nc2c1ncn2C(C)C. The van der Waals surface area contributed by atoms with Gasteiger partial charge in [-0.1, -0.05) is 6.58 Å². The Kier molecular flexibility index (Phi) is 1.91. The fourth-order valence-electron chi connectivity index (χ4n) is 1.52. The van der Waals surface area contributed by atoms with Gasteiger partial charge < -0.3 is 9.88 Å². The van der Waals surface area contributed by atoms with Crippen LogP contribution >= 0.6 is 0 Å². The summed E-state index contributed by atoms with van der Waals surface area (Å²) in [5.74, 6) is 1.77. The highest BCUT2D eigenvalue weighted by Crippen LogP contribution is 2.28. The second-order valence-corrected chi connectivity index (χ2v) is 3.72. The summed E-state index contributed by atoms with van der Waals surface area (Å²) in [7, 11) is 0. The Morgan fingerprint density at radius 3 is 2.86 bits per heavy atom. The number of rotatable bonds is 1. The third-order valence-corrected chi connectivity index (χ3v) is 2.22. The average molecular weight is 190 g/mol. The molecule has 0 spiro atoms. The fourth-order valence-corrected chi connectivity index (χ4v) is 1.52. The summed E-state index contributed by atoms with van der Waals surface area (Å²) in [5.41, 5.74) is 1.68. The Morgan fingerprint density at radius 2 is 2.21 bits per heavy atom. The van der Waals surface area contributed by atoms with Gasteiger partial charge in [0.15, 0.2) is 5.82 Å². The largest absolute Gasteiger partial charge is 0.343 e. The predicted octanol–water partition coefficient (Wildman–Crippen LogP) is 2.09. The Morgan fingerprint density at radius 1 is 1.50 bits per heavy atom. The molecule has 0 bridgehead atoms. The summed E-state index contributed by atoms with van der Waals surface area (Å²) < 4.78 is 2.05. The molecule has 2 rings (SSSR count). The van der Waals surface area contributed by atoms with Crippen LogP contribution in [-0.2, 0) is 0 Å². The molecule has 0 aliphatic carbocycles. The van der Waals surface area contributed by atoms with E-state index in [2.05, 4.69) is 35.7 Å². The summed E-state index contributed by atoms with van der Waals surface area (Å²) in [5, 5.41) is 3.07. The number of fused-ring (bicyclic) bond motifs is 1. The highest BCUT2D eigenvalue weighted by atomic mass is 15.2. The van der Waals surface area contributed by atoms with E-state index in [1.807, 2.05) is 17.8 Å². The molecule has 4 nitrogen and oxygen atoms in total. The van der Waals surface area contributed by atoms with Gasteiger partial charge >= 0.3 is 0 Å². The monoisotopic (exact) mass is 190 g/mol. The van der Waals surface area contributed by atoms with E-state index in [-0.39, 0.29) is 0 Å². The molecule has 0 radical (unpaired) electrons. The zero-order chi connectivity index (χ0) is 10.3. The van der Waals surface area contributed by atoms with Gasteiger partial charge in [-0.15, -0.1) is 0 Å². The molecule has 74 valence electrons. The lowest BCUT2D eigenvalue weighted by Gasteiger charge is -2.16. The quantitative estimate of drug-likeness (QED) is 0.736. The Hall–Kier alpha value is -1.58. The second-order valence-electron chi connectivity index (χ2n) is 3.72. The van der Waals surface area contributed by atoms with Crippen LogP contribution in [0, 0.1) is 0 Å². The molecular formula is C10H14N4. The van der Waals surface area contributed by atoms with Crippen molar-refractivity contribution in [3.8, 4) is 0 Å². The van der Waals surface area contributed by atoms with Crippen molar-refractivity contribution >= 4 is 17.4 Å². The van der Waals surface area contributed by atoms with Gasteiger partial charge in [0.05, 0.1) is 12.0 Å². The molecule has 2 heterocycles. The molecule has 0 saturated carbocycles. The van der Waals surface area contributed by atoms with Crippen LogP contribution in [0.15, 0.2) is 17.9 Å². The summed E-state index contributed by atoms with van der Waals surface area (Å²) in [6.45, 7) is 10.1. The first-order valence-electron chi connectivity index (χ1n) is 4.68. The molecule has 0 saturated heterocycles. The van der Waals surface area contributed by atoms with Gasteiger partial charge in [0.1, 0.15) is 11.5 Å². The number of aromatic nitrogens is 2. The minimum atomic E-state index is 0.369. The molecule has 1 aromatic rings. The normalized spacial score (nSPS) is 15.1. The van der Waals surface area contributed by atoms with Gasteiger partial charge in [0.2, 0.25) is 0 Å². The number of hydrogen-bond donors (Lipinski definition) is 1. The van der Waals surface area contributed by atoms with Crippen molar-refractivity contribution in [3.05, 3.63) is 18.6 Å². The zero-order valence-electron chi connectivity index (χ0n) is 8.70. The molecule has 1 aliphatic rings. The molecular weight excluding hydrogens is 176 g/mol. The van der Waals surface area contributed by atoms with E-state index < -0.39 is 0 Å². The molecule has 1 N–H and O–H groups in total.